The summed E-state index contributed by atoms with van der Waals surface area (Å²) < 4.78 is 33.6. The molecule has 0 aromatic heterocycles. The number of hydrogen-bond donors (Lipinski definition) is 1. The monoisotopic (exact) mass is 391 g/mol. The second kappa shape index (κ2) is 15.9. The van der Waals surface area contributed by atoms with Crippen LogP contribution in [0.3, 0.4) is 0 Å². The molecule has 5 heteroatoms. The Balaban J connectivity index is 3.57. The van der Waals surface area contributed by atoms with E-state index in [-0.39, 0.29) is 0 Å². The van der Waals surface area contributed by atoms with Gasteiger partial charge in [0.1, 0.15) is 10.1 Å². The van der Waals surface area contributed by atoms with E-state index in [0.717, 1.165) is 19.3 Å². The molecule has 1 atom stereocenters. The number of nitrogens with two attached hydrogens (primary N) is 1. The topological polar surface area (TPSA) is 73.8 Å². The highest BCUT2D eigenvalue weighted by molar-refractivity contribution is 7.87. The minimum absolute atomic E-state index is 0.452. The molecule has 0 bridgehead atoms. The normalized spacial score (nSPS) is 14.5. The van der Waals surface area contributed by atoms with E-state index in [9.17, 15) is 13.0 Å². The van der Waals surface area contributed by atoms with Crippen molar-refractivity contribution in [2.45, 2.75) is 121 Å². The second-order valence-electron chi connectivity index (χ2n) is 8.20. The standard InChI is InChI=1S/C21H45NO3S/c1-4-5-6-7-8-9-10-11-12-13-14-15-16-17-18-21(2,19-20-22-3)26(23,24)25/h22H,4-20H2,1-3H3,(H,23,24,25). The molecule has 0 heterocycles. The van der Waals surface area contributed by atoms with Gasteiger partial charge in [0.05, 0.1) is 18.3 Å². The maximum absolute atomic E-state index is 11.6. The Kier molecular flexibility index (Phi) is 15.8. The highest BCUT2D eigenvalue weighted by Gasteiger charge is 2.31. The largest absolute Gasteiger partial charge is 0.748 e. The molecule has 0 aliphatic rings. The van der Waals surface area contributed by atoms with Crippen LogP contribution in [0.25, 0.3) is 0 Å². The predicted molar refractivity (Wildman–Crippen MR) is 110 cm³/mol. The van der Waals surface area contributed by atoms with Gasteiger partial charge in [-0.1, -0.05) is 96.8 Å². The van der Waals surface area contributed by atoms with Crippen molar-refractivity contribution in [1.29, 1.82) is 0 Å². The molecule has 0 saturated carbocycles. The molecule has 158 valence electrons. The molecule has 1 unspecified atom stereocenters. The first kappa shape index (κ1) is 25.9. The lowest BCUT2D eigenvalue weighted by Gasteiger charge is -2.31. The molecule has 0 aromatic carbocycles. The maximum atomic E-state index is 11.6. The van der Waals surface area contributed by atoms with Crippen LogP contribution in [0.1, 0.15) is 117 Å². The fraction of sp³-hybridized carbons (Fsp3) is 1.00. The maximum Gasteiger partial charge on any atom is 0.100 e. The van der Waals surface area contributed by atoms with E-state index >= 15 is 0 Å². The van der Waals surface area contributed by atoms with Crippen LogP contribution in [-0.2, 0) is 10.1 Å². The third-order valence-electron chi connectivity index (χ3n) is 5.62. The van der Waals surface area contributed by atoms with Crippen LogP contribution < -0.4 is 5.32 Å². The van der Waals surface area contributed by atoms with E-state index in [1.165, 1.54) is 70.6 Å². The van der Waals surface area contributed by atoms with Crippen LogP contribution in [0.5, 0.6) is 0 Å². The Labute approximate surface area is 163 Å². The van der Waals surface area contributed by atoms with E-state index < -0.39 is 14.9 Å². The van der Waals surface area contributed by atoms with Crippen molar-refractivity contribution in [3.63, 3.8) is 0 Å². The molecular formula is C21H45NO3S. The molecule has 26 heavy (non-hydrogen) atoms. The fourth-order valence-electron chi connectivity index (χ4n) is 3.52. The molecule has 0 radical (unpaired) electrons. The molecule has 0 amide bonds. The number of hydrogen-bond acceptors (Lipinski definition) is 3. The zero-order chi connectivity index (χ0) is 19.7. The molecule has 0 aliphatic carbocycles. The van der Waals surface area contributed by atoms with Gasteiger partial charge in [0.15, 0.2) is 0 Å². The molecule has 0 aromatic rings. The number of quaternary nitrogens is 1. The smallest absolute Gasteiger partial charge is 0.100 e. The van der Waals surface area contributed by atoms with Crippen molar-refractivity contribution >= 4 is 10.1 Å². The van der Waals surface area contributed by atoms with E-state index in [2.05, 4.69) is 6.92 Å². The molecule has 0 saturated heterocycles. The summed E-state index contributed by atoms with van der Waals surface area (Å²) in [6, 6.07) is 0. The molecule has 2 N–H and O–H groups in total. The summed E-state index contributed by atoms with van der Waals surface area (Å²) in [5.74, 6) is 0. The summed E-state index contributed by atoms with van der Waals surface area (Å²) in [6.45, 7) is 4.58. The van der Waals surface area contributed by atoms with Gasteiger partial charge in [-0.25, -0.2) is 8.42 Å². The van der Waals surface area contributed by atoms with Gasteiger partial charge in [-0.3, -0.25) is 0 Å². The van der Waals surface area contributed by atoms with Gasteiger partial charge < -0.3 is 9.87 Å². The minimum Gasteiger partial charge on any atom is -0.748 e. The Hall–Kier alpha value is -0.130. The average Bonchev–Trinajstić information content (AvgIpc) is 2.59. The molecule has 0 fully saturated rings. The number of unbranched alkanes of at least 4 members (excludes halogenated alkanes) is 13. The van der Waals surface area contributed by atoms with Gasteiger partial charge in [0.2, 0.25) is 0 Å². The van der Waals surface area contributed by atoms with Gasteiger partial charge >= 0.3 is 0 Å². The fourth-order valence-corrected chi connectivity index (χ4v) is 4.28. The summed E-state index contributed by atoms with van der Waals surface area (Å²) in [6.07, 6.45) is 18.9. The Bertz CT molecular complexity index is 411. The molecule has 0 spiro atoms. The lowest BCUT2D eigenvalue weighted by Crippen LogP contribution is -2.80. The highest BCUT2D eigenvalue weighted by Crippen LogP contribution is 2.27. The lowest BCUT2D eigenvalue weighted by molar-refractivity contribution is -0.627. The Morgan fingerprint density at radius 3 is 1.46 bits per heavy atom. The van der Waals surface area contributed by atoms with Gasteiger partial charge in [-0.15, -0.1) is 0 Å². The van der Waals surface area contributed by atoms with Crippen LogP contribution >= 0.6 is 0 Å². The van der Waals surface area contributed by atoms with Crippen LogP contribution in [0.2, 0.25) is 0 Å². The Morgan fingerprint density at radius 2 is 1.12 bits per heavy atom. The first-order valence-electron chi connectivity index (χ1n) is 11.1. The third-order valence-corrected chi connectivity index (χ3v) is 7.24. The van der Waals surface area contributed by atoms with Crippen molar-refractivity contribution in [3.8, 4) is 0 Å². The number of rotatable bonds is 19. The summed E-state index contributed by atoms with van der Waals surface area (Å²) in [5.41, 5.74) is 0. The highest BCUT2D eigenvalue weighted by atomic mass is 32.2. The van der Waals surface area contributed by atoms with Crippen LogP contribution in [0, 0.1) is 0 Å². The second-order valence-corrected chi connectivity index (χ2v) is 10.1. The Morgan fingerprint density at radius 1 is 0.731 bits per heavy atom. The van der Waals surface area contributed by atoms with E-state index in [1.807, 2.05) is 12.4 Å². The van der Waals surface area contributed by atoms with Crippen molar-refractivity contribution in [1.82, 2.24) is 0 Å². The SMILES string of the molecule is CCCCCCCCCCCCCCCCC(C)(CC[NH2+]C)S(=O)(=O)[O-]. The zero-order valence-electron chi connectivity index (χ0n) is 17.7. The molecular weight excluding hydrogens is 346 g/mol. The van der Waals surface area contributed by atoms with Crippen molar-refractivity contribution < 1.29 is 18.3 Å². The van der Waals surface area contributed by atoms with E-state index in [1.54, 1.807) is 6.92 Å². The van der Waals surface area contributed by atoms with Crippen LogP contribution in [-0.4, -0.2) is 31.3 Å². The molecule has 0 aliphatic heterocycles. The third kappa shape index (κ3) is 13.1. The zero-order valence-corrected chi connectivity index (χ0v) is 18.5. The summed E-state index contributed by atoms with van der Waals surface area (Å²) in [5, 5.41) is 1.94. The first-order valence-corrected chi connectivity index (χ1v) is 12.5. The van der Waals surface area contributed by atoms with Crippen molar-refractivity contribution in [2.24, 2.45) is 0 Å². The lowest BCUT2D eigenvalue weighted by atomic mass is 9.97. The molecule has 4 nitrogen and oxygen atoms in total. The average molecular weight is 392 g/mol. The van der Waals surface area contributed by atoms with E-state index in [4.69, 9.17) is 0 Å². The van der Waals surface area contributed by atoms with Gasteiger partial charge in [0.25, 0.3) is 0 Å². The summed E-state index contributed by atoms with van der Waals surface area (Å²) >= 11 is 0. The quantitative estimate of drug-likeness (QED) is 0.255. The molecule has 0 rings (SSSR count). The van der Waals surface area contributed by atoms with Gasteiger partial charge in [-0.2, -0.15) is 0 Å². The minimum atomic E-state index is -4.22. The van der Waals surface area contributed by atoms with Crippen molar-refractivity contribution in [2.75, 3.05) is 13.6 Å². The van der Waals surface area contributed by atoms with Gasteiger partial charge in [-0.05, 0) is 13.3 Å². The van der Waals surface area contributed by atoms with E-state index in [0.29, 0.717) is 19.4 Å². The van der Waals surface area contributed by atoms with Crippen LogP contribution in [0.4, 0.5) is 0 Å². The van der Waals surface area contributed by atoms with Crippen molar-refractivity contribution in [3.05, 3.63) is 0 Å². The summed E-state index contributed by atoms with van der Waals surface area (Å²) in [7, 11) is -2.32. The summed E-state index contributed by atoms with van der Waals surface area (Å²) in [4.78, 5) is 0. The predicted octanol–water partition coefficient (Wildman–Crippen LogP) is 4.75. The van der Waals surface area contributed by atoms with Crippen LogP contribution in [0.15, 0.2) is 0 Å². The first-order chi connectivity index (χ1) is 12.4. The van der Waals surface area contributed by atoms with Gasteiger partial charge in [0, 0.05) is 6.42 Å².